The number of aliphatic hydroxyl groups is 1. The molecule has 5 nitrogen and oxygen atoms in total. The average molecular weight is 346 g/mol. The molecule has 0 aliphatic carbocycles. The lowest BCUT2D eigenvalue weighted by Crippen LogP contribution is -2.40. The molecule has 1 atom stereocenters. The molecule has 0 saturated carbocycles. The van der Waals surface area contributed by atoms with E-state index >= 15 is 0 Å². The van der Waals surface area contributed by atoms with Crippen LogP contribution in [0.1, 0.15) is 61.9 Å². The van der Waals surface area contributed by atoms with Gasteiger partial charge in [-0.25, -0.2) is 0 Å². The molecule has 0 bridgehead atoms. The topological polar surface area (TPSA) is 83.6 Å². The number of nitrogens with two attached hydrogens (primary N) is 1. The number of benzene rings is 1. The summed E-state index contributed by atoms with van der Waals surface area (Å²) in [5.41, 5.74) is 6.29. The zero-order valence-electron chi connectivity index (χ0n) is 15.3. The number of rotatable bonds is 7. The summed E-state index contributed by atoms with van der Waals surface area (Å²) >= 11 is 0. The third-order valence-corrected chi connectivity index (χ3v) is 4.80. The van der Waals surface area contributed by atoms with Crippen LogP contribution in [0.25, 0.3) is 0 Å². The number of primary amides is 1. The van der Waals surface area contributed by atoms with Crippen molar-refractivity contribution in [2.24, 2.45) is 11.7 Å². The van der Waals surface area contributed by atoms with Crippen molar-refractivity contribution >= 4 is 11.8 Å². The second kappa shape index (κ2) is 8.48. The number of carbonyl (C=O) groups excluding carboxylic acids is 2. The van der Waals surface area contributed by atoms with Crippen LogP contribution in [0.2, 0.25) is 0 Å². The van der Waals surface area contributed by atoms with Gasteiger partial charge < -0.3 is 15.7 Å². The molecule has 1 saturated heterocycles. The standard InChI is InChI=1S/C20H30N2O3/c1-20(2,25)11-10-15-5-3-7-17(13-15)19(24)22-12-4-6-16(14-22)8-9-18(21)23/h3,5,7,13,16,25H,4,6,8-12,14H2,1-2H3,(H2,21,23). The van der Waals surface area contributed by atoms with Crippen LogP contribution < -0.4 is 5.73 Å². The van der Waals surface area contributed by atoms with Crippen LogP contribution in [0.5, 0.6) is 0 Å². The minimum Gasteiger partial charge on any atom is -0.390 e. The van der Waals surface area contributed by atoms with Crippen molar-refractivity contribution in [2.75, 3.05) is 13.1 Å². The monoisotopic (exact) mass is 346 g/mol. The van der Waals surface area contributed by atoms with E-state index in [9.17, 15) is 14.7 Å². The van der Waals surface area contributed by atoms with E-state index < -0.39 is 5.60 Å². The Bertz CT molecular complexity index is 607. The lowest BCUT2D eigenvalue weighted by atomic mass is 9.92. The molecule has 1 aromatic rings. The van der Waals surface area contributed by atoms with Crippen LogP contribution in [0.3, 0.4) is 0 Å². The fourth-order valence-corrected chi connectivity index (χ4v) is 3.32. The van der Waals surface area contributed by atoms with Gasteiger partial charge in [0, 0.05) is 25.1 Å². The Morgan fingerprint density at radius 3 is 2.80 bits per heavy atom. The third-order valence-electron chi connectivity index (χ3n) is 4.80. The van der Waals surface area contributed by atoms with E-state index in [0.29, 0.717) is 30.9 Å². The first kappa shape index (κ1) is 19.4. The van der Waals surface area contributed by atoms with Crippen LogP contribution in [0.15, 0.2) is 24.3 Å². The van der Waals surface area contributed by atoms with Crippen molar-refractivity contribution in [1.82, 2.24) is 4.90 Å². The molecule has 2 amide bonds. The van der Waals surface area contributed by atoms with E-state index in [4.69, 9.17) is 5.73 Å². The minimum atomic E-state index is -0.708. The Balaban J connectivity index is 1.98. The summed E-state index contributed by atoms with van der Waals surface area (Å²) in [5.74, 6) is 0.125. The molecule has 0 spiro atoms. The van der Waals surface area contributed by atoms with Gasteiger partial charge in [-0.15, -0.1) is 0 Å². The maximum atomic E-state index is 12.8. The first-order valence-corrected chi connectivity index (χ1v) is 9.13. The van der Waals surface area contributed by atoms with E-state index in [1.807, 2.05) is 29.2 Å². The van der Waals surface area contributed by atoms with Gasteiger partial charge in [0.15, 0.2) is 0 Å². The van der Waals surface area contributed by atoms with Gasteiger partial charge in [0.2, 0.25) is 5.91 Å². The molecule has 1 fully saturated rings. The van der Waals surface area contributed by atoms with Crippen LogP contribution in [0, 0.1) is 5.92 Å². The fraction of sp³-hybridized carbons (Fsp3) is 0.600. The maximum absolute atomic E-state index is 12.8. The van der Waals surface area contributed by atoms with Gasteiger partial charge in [0.25, 0.3) is 5.91 Å². The third kappa shape index (κ3) is 6.50. The molecule has 1 heterocycles. The van der Waals surface area contributed by atoms with Crippen molar-refractivity contribution in [1.29, 1.82) is 0 Å². The highest BCUT2D eigenvalue weighted by Gasteiger charge is 2.25. The van der Waals surface area contributed by atoms with E-state index in [2.05, 4.69) is 0 Å². The Labute approximate surface area is 150 Å². The van der Waals surface area contributed by atoms with Gasteiger partial charge in [0.05, 0.1) is 5.60 Å². The number of likely N-dealkylation sites (tertiary alicyclic amines) is 1. The SMILES string of the molecule is CC(C)(O)CCc1cccc(C(=O)N2CCCC(CCC(N)=O)C2)c1. The molecule has 5 heteroatoms. The van der Waals surface area contributed by atoms with Gasteiger partial charge in [-0.05, 0) is 69.6 Å². The van der Waals surface area contributed by atoms with E-state index in [1.165, 1.54) is 0 Å². The number of amides is 2. The van der Waals surface area contributed by atoms with Crippen LogP contribution >= 0.6 is 0 Å². The smallest absolute Gasteiger partial charge is 0.253 e. The maximum Gasteiger partial charge on any atom is 0.253 e. The molecule has 138 valence electrons. The highest BCUT2D eigenvalue weighted by atomic mass is 16.3. The number of carbonyl (C=O) groups is 2. The lowest BCUT2D eigenvalue weighted by Gasteiger charge is -2.33. The highest BCUT2D eigenvalue weighted by molar-refractivity contribution is 5.94. The van der Waals surface area contributed by atoms with E-state index in [0.717, 1.165) is 37.8 Å². The molecule has 0 radical (unpaired) electrons. The van der Waals surface area contributed by atoms with Gasteiger partial charge in [-0.1, -0.05) is 12.1 Å². The average Bonchev–Trinajstić information content (AvgIpc) is 2.57. The Morgan fingerprint density at radius 2 is 2.12 bits per heavy atom. The summed E-state index contributed by atoms with van der Waals surface area (Å²) in [6.45, 7) is 5.05. The number of hydrogen-bond donors (Lipinski definition) is 2. The van der Waals surface area contributed by atoms with Crippen molar-refractivity contribution in [3.8, 4) is 0 Å². The fourth-order valence-electron chi connectivity index (χ4n) is 3.32. The first-order chi connectivity index (χ1) is 11.7. The van der Waals surface area contributed by atoms with Crippen LogP contribution in [-0.2, 0) is 11.2 Å². The van der Waals surface area contributed by atoms with Gasteiger partial charge in [-0.2, -0.15) is 0 Å². The summed E-state index contributed by atoms with van der Waals surface area (Å²) in [5, 5.41) is 9.87. The highest BCUT2D eigenvalue weighted by Crippen LogP contribution is 2.23. The predicted molar refractivity (Wildman–Crippen MR) is 98.1 cm³/mol. The number of aryl methyl sites for hydroxylation is 1. The van der Waals surface area contributed by atoms with Crippen molar-refractivity contribution in [2.45, 2.75) is 58.0 Å². The molecule has 1 aromatic carbocycles. The summed E-state index contributed by atoms with van der Waals surface area (Å²) in [4.78, 5) is 25.7. The van der Waals surface area contributed by atoms with Gasteiger partial charge >= 0.3 is 0 Å². The second-order valence-corrected chi connectivity index (χ2v) is 7.78. The molecular weight excluding hydrogens is 316 g/mol. The number of hydrogen-bond acceptors (Lipinski definition) is 3. The molecule has 1 unspecified atom stereocenters. The number of nitrogens with zero attached hydrogens (tertiary/aromatic N) is 1. The second-order valence-electron chi connectivity index (χ2n) is 7.78. The summed E-state index contributed by atoms with van der Waals surface area (Å²) < 4.78 is 0. The molecular formula is C20H30N2O3. The molecule has 0 aromatic heterocycles. The van der Waals surface area contributed by atoms with E-state index in [-0.39, 0.29) is 11.8 Å². The van der Waals surface area contributed by atoms with Crippen molar-refractivity contribution in [3.63, 3.8) is 0 Å². The van der Waals surface area contributed by atoms with Crippen molar-refractivity contribution < 1.29 is 14.7 Å². The van der Waals surface area contributed by atoms with Gasteiger partial charge in [-0.3, -0.25) is 9.59 Å². The number of piperidine rings is 1. The van der Waals surface area contributed by atoms with Crippen LogP contribution in [-0.4, -0.2) is 40.5 Å². The van der Waals surface area contributed by atoms with Crippen molar-refractivity contribution in [3.05, 3.63) is 35.4 Å². The predicted octanol–water partition coefficient (Wildman–Crippen LogP) is 2.51. The Morgan fingerprint density at radius 1 is 1.36 bits per heavy atom. The Hall–Kier alpha value is -1.88. The van der Waals surface area contributed by atoms with Gasteiger partial charge in [0.1, 0.15) is 0 Å². The molecule has 3 N–H and O–H groups in total. The molecule has 1 aliphatic rings. The lowest BCUT2D eigenvalue weighted by molar-refractivity contribution is -0.118. The molecule has 25 heavy (non-hydrogen) atoms. The minimum absolute atomic E-state index is 0.0499. The molecule has 1 aliphatic heterocycles. The summed E-state index contributed by atoms with van der Waals surface area (Å²) in [6, 6.07) is 7.68. The molecule has 2 rings (SSSR count). The normalized spacial score (nSPS) is 18.2. The first-order valence-electron chi connectivity index (χ1n) is 9.13. The zero-order chi connectivity index (χ0) is 18.4. The van der Waals surface area contributed by atoms with Crippen LogP contribution in [0.4, 0.5) is 0 Å². The Kier molecular flexibility index (Phi) is 6.59. The quantitative estimate of drug-likeness (QED) is 0.796. The van der Waals surface area contributed by atoms with E-state index in [1.54, 1.807) is 13.8 Å². The zero-order valence-corrected chi connectivity index (χ0v) is 15.3. The summed E-state index contributed by atoms with van der Waals surface area (Å²) in [6.07, 6.45) is 4.55. The largest absolute Gasteiger partial charge is 0.390 e. The summed E-state index contributed by atoms with van der Waals surface area (Å²) in [7, 11) is 0.